The summed E-state index contributed by atoms with van der Waals surface area (Å²) in [5.41, 5.74) is 4.11. The summed E-state index contributed by atoms with van der Waals surface area (Å²) < 4.78 is 1.89. The van der Waals surface area contributed by atoms with Crippen LogP contribution in [-0.2, 0) is 13.5 Å². The van der Waals surface area contributed by atoms with Crippen molar-refractivity contribution < 1.29 is 0 Å². The van der Waals surface area contributed by atoms with Crippen LogP contribution in [0.3, 0.4) is 0 Å². The van der Waals surface area contributed by atoms with Crippen molar-refractivity contribution in [1.29, 1.82) is 0 Å². The molecule has 1 aromatic carbocycles. The zero-order valence-corrected chi connectivity index (χ0v) is 14.9. The molecule has 1 aliphatic heterocycles. The number of benzene rings is 1. The highest BCUT2D eigenvalue weighted by atomic mass is 35.5. The van der Waals surface area contributed by atoms with E-state index in [9.17, 15) is 0 Å². The highest BCUT2D eigenvalue weighted by Gasteiger charge is 2.22. The monoisotopic (exact) mass is 344 g/mol. The Hall–Kier alpha value is -1.78. The van der Waals surface area contributed by atoms with E-state index in [1.165, 1.54) is 48.0 Å². The standard InChI is InChI=1S/C19H24N4.ClH/c1-22-14-15(12-21-22)6-9-23-10-7-16(8-11-23)18-13-20-19-5-3-2-4-17(18)19;/h2-5,12-14,16,20H,6-11H2,1H3;1H. The van der Waals surface area contributed by atoms with Crippen molar-refractivity contribution in [2.45, 2.75) is 25.2 Å². The van der Waals surface area contributed by atoms with Crippen LogP contribution in [0.15, 0.2) is 42.9 Å². The molecule has 3 aromatic rings. The molecular formula is C19H25ClN4. The molecule has 1 N–H and O–H groups in total. The molecule has 0 unspecified atom stereocenters. The fraction of sp³-hybridized carbons (Fsp3) is 0.421. The highest BCUT2D eigenvalue weighted by Crippen LogP contribution is 2.33. The Balaban J connectivity index is 0.00000169. The van der Waals surface area contributed by atoms with Crippen LogP contribution in [0.5, 0.6) is 0 Å². The molecule has 2 aromatic heterocycles. The molecule has 0 spiro atoms. The SMILES string of the molecule is Cl.Cn1cc(CCN2CCC(c3c[nH]c4ccccc34)CC2)cn1. The highest BCUT2D eigenvalue weighted by molar-refractivity contribution is 5.85. The van der Waals surface area contributed by atoms with Crippen molar-refractivity contribution in [3.05, 3.63) is 54.0 Å². The first kappa shape index (κ1) is 17.1. The molecule has 0 aliphatic carbocycles. The minimum atomic E-state index is 0. The van der Waals surface area contributed by atoms with Gasteiger partial charge in [0.2, 0.25) is 0 Å². The summed E-state index contributed by atoms with van der Waals surface area (Å²) in [6.07, 6.45) is 9.95. The number of nitrogens with one attached hydrogen (secondary N) is 1. The summed E-state index contributed by atoms with van der Waals surface area (Å²) in [6.45, 7) is 3.54. The number of likely N-dealkylation sites (tertiary alicyclic amines) is 1. The van der Waals surface area contributed by atoms with Crippen molar-refractivity contribution in [3.8, 4) is 0 Å². The fourth-order valence-electron chi connectivity index (χ4n) is 3.79. The van der Waals surface area contributed by atoms with Gasteiger partial charge in [-0.1, -0.05) is 18.2 Å². The third-order valence-electron chi connectivity index (χ3n) is 5.12. The number of rotatable bonds is 4. The van der Waals surface area contributed by atoms with Crippen LogP contribution in [-0.4, -0.2) is 39.3 Å². The minimum Gasteiger partial charge on any atom is -0.361 e. The van der Waals surface area contributed by atoms with E-state index in [2.05, 4.69) is 51.6 Å². The maximum atomic E-state index is 4.25. The van der Waals surface area contributed by atoms with Gasteiger partial charge in [-0.25, -0.2) is 0 Å². The molecule has 128 valence electrons. The number of nitrogens with zero attached hydrogens (tertiary/aromatic N) is 3. The van der Waals surface area contributed by atoms with E-state index in [-0.39, 0.29) is 12.4 Å². The van der Waals surface area contributed by atoms with E-state index in [1.807, 2.05) is 17.9 Å². The number of aromatic amines is 1. The number of aryl methyl sites for hydroxylation is 1. The molecule has 3 heterocycles. The maximum absolute atomic E-state index is 4.25. The molecule has 1 saturated heterocycles. The average molecular weight is 345 g/mol. The van der Waals surface area contributed by atoms with Gasteiger partial charge >= 0.3 is 0 Å². The third-order valence-corrected chi connectivity index (χ3v) is 5.12. The molecule has 4 rings (SSSR count). The van der Waals surface area contributed by atoms with E-state index < -0.39 is 0 Å². The molecule has 0 saturated carbocycles. The van der Waals surface area contributed by atoms with Crippen molar-refractivity contribution in [3.63, 3.8) is 0 Å². The lowest BCUT2D eigenvalue weighted by molar-refractivity contribution is 0.215. The van der Waals surface area contributed by atoms with Crippen LogP contribution < -0.4 is 0 Å². The zero-order chi connectivity index (χ0) is 15.6. The van der Waals surface area contributed by atoms with Gasteiger partial charge in [0.25, 0.3) is 0 Å². The van der Waals surface area contributed by atoms with E-state index >= 15 is 0 Å². The van der Waals surface area contributed by atoms with Crippen molar-refractivity contribution in [1.82, 2.24) is 19.7 Å². The van der Waals surface area contributed by atoms with E-state index in [4.69, 9.17) is 0 Å². The second-order valence-electron chi connectivity index (χ2n) is 6.68. The van der Waals surface area contributed by atoms with Gasteiger partial charge in [0.15, 0.2) is 0 Å². The first-order valence-electron chi connectivity index (χ1n) is 8.55. The third kappa shape index (κ3) is 3.50. The number of para-hydroxylation sites is 1. The van der Waals surface area contributed by atoms with Crippen LogP contribution in [0.1, 0.15) is 29.9 Å². The summed E-state index contributed by atoms with van der Waals surface area (Å²) in [7, 11) is 1.98. The Morgan fingerprint density at radius 3 is 2.75 bits per heavy atom. The fourth-order valence-corrected chi connectivity index (χ4v) is 3.79. The molecule has 0 amide bonds. The second kappa shape index (κ2) is 7.41. The smallest absolute Gasteiger partial charge is 0.0522 e. The molecule has 1 fully saturated rings. The Bertz CT molecular complexity index is 783. The van der Waals surface area contributed by atoms with E-state index in [0.717, 1.165) is 13.0 Å². The van der Waals surface area contributed by atoms with Crippen LogP contribution in [0.2, 0.25) is 0 Å². The van der Waals surface area contributed by atoms with Crippen molar-refractivity contribution in [2.75, 3.05) is 19.6 Å². The number of H-pyrrole nitrogens is 1. The lowest BCUT2D eigenvalue weighted by Crippen LogP contribution is -2.34. The summed E-state index contributed by atoms with van der Waals surface area (Å²) >= 11 is 0. The van der Waals surface area contributed by atoms with Gasteiger partial charge in [0, 0.05) is 36.9 Å². The summed E-state index contributed by atoms with van der Waals surface area (Å²) in [6, 6.07) is 8.66. The number of fused-ring (bicyclic) bond motifs is 1. The Kier molecular flexibility index (Phi) is 5.27. The predicted octanol–water partition coefficient (Wildman–Crippen LogP) is 3.75. The molecule has 4 nitrogen and oxygen atoms in total. The van der Waals surface area contributed by atoms with Gasteiger partial charge in [-0.15, -0.1) is 12.4 Å². The normalized spacial score (nSPS) is 16.4. The lowest BCUT2D eigenvalue weighted by Gasteiger charge is -2.31. The summed E-state index contributed by atoms with van der Waals surface area (Å²) in [5, 5.41) is 5.65. The molecule has 0 atom stereocenters. The quantitative estimate of drug-likeness (QED) is 0.782. The molecule has 0 bridgehead atoms. The van der Waals surface area contributed by atoms with Crippen LogP contribution in [0.4, 0.5) is 0 Å². The van der Waals surface area contributed by atoms with E-state index in [0.29, 0.717) is 5.92 Å². The van der Waals surface area contributed by atoms with Crippen LogP contribution in [0.25, 0.3) is 10.9 Å². The molecule has 1 aliphatic rings. The van der Waals surface area contributed by atoms with Crippen molar-refractivity contribution >= 4 is 23.3 Å². The van der Waals surface area contributed by atoms with Gasteiger partial charge in [-0.2, -0.15) is 5.10 Å². The molecule has 0 radical (unpaired) electrons. The van der Waals surface area contributed by atoms with Gasteiger partial charge in [-0.3, -0.25) is 4.68 Å². The minimum absolute atomic E-state index is 0. The Morgan fingerprint density at radius 1 is 1.21 bits per heavy atom. The number of piperidine rings is 1. The molecular weight excluding hydrogens is 320 g/mol. The first-order valence-corrected chi connectivity index (χ1v) is 8.55. The predicted molar refractivity (Wildman–Crippen MR) is 101 cm³/mol. The van der Waals surface area contributed by atoms with Gasteiger partial charge < -0.3 is 9.88 Å². The molecule has 5 heteroatoms. The Morgan fingerprint density at radius 2 is 2.00 bits per heavy atom. The Labute approximate surface area is 149 Å². The lowest BCUT2D eigenvalue weighted by atomic mass is 9.89. The number of aromatic nitrogens is 3. The first-order chi connectivity index (χ1) is 11.3. The summed E-state index contributed by atoms with van der Waals surface area (Å²) in [5.74, 6) is 0.695. The maximum Gasteiger partial charge on any atom is 0.0522 e. The number of hydrogen-bond acceptors (Lipinski definition) is 2. The van der Waals surface area contributed by atoms with Crippen LogP contribution in [0, 0.1) is 0 Å². The zero-order valence-electron chi connectivity index (χ0n) is 14.1. The summed E-state index contributed by atoms with van der Waals surface area (Å²) in [4.78, 5) is 6.02. The largest absolute Gasteiger partial charge is 0.361 e. The average Bonchev–Trinajstić information content (AvgIpc) is 3.20. The van der Waals surface area contributed by atoms with Gasteiger partial charge in [0.1, 0.15) is 0 Å². The van der Waals surface area contributed by atoms with Gasteiger partial charge in [-0.05, 0) is 55.5 Å². The van der Waals surface area contributed by atoms with E-state index in [1.54, 1.807) is 0 Å². The van der Waals surface area contributed by atoms with Crippen LogP contribution >= 0.6 is 12.4 Å². The van der Waals surface area contributed by atoms with Crippen molar-refractivity contribution in [2.24, 2.45) is 7.05 Å². The second-order valence-corrected chi connectivity index (χ2v) is 6.68. The molecule has 24 heavy (non-hydrogen) atoms. The number of hydrogen-bond donors (Lipinski definition) is 1. The topological polar surface area (TPSA) is 36.9 Å². The number of halogens is 1. The van der Waals surface area contributed by atoms with Gasteiger partial charge in [0.05, 0.1) is 6.20 Å².